The van der Waals surface area contributed by atoms with Gasteiger partial charge in [0.1, 0.15) is 5.82 Å². The van der Waals surface area contributed by atoms with Crippen LogP contribution in [0.4, 0.5) is 11.8 Å². The maximum absolute atomic E-state index is 9.39. The highest BCUT2D eigenvalue weighted by atomic mass is 16.3. The molecule has 0 saturated carbocycles. The summed E-state index contributed by atoms with van der Waals surface area (Å²) >= 11 is 0. The first-order chi connectivity index (χ1) is 7.76. The smallest absolute Gasteiger partial charge is 0.224 e. The van der Waals surface area contributed by atoms with Crippen LogP contribution in [0.1, 0.15) is 26.7 Å². The molecule has 1 atom stereocenters. The van der Waals surface area contributed by atoms with Crippen LogP contribution in [0, 0.1) is 0 Å². The zero-order valence-electron chi connectivity index (χ0n) is 9.90. The van der Waals surface area contributed by atoms with Crippen molar-refractivity contribution in [3.8, 4) is 0 Å². The molecule has 0 aliphatic heterocycles. The fourth-order valence-electron chi connectivity index (χ4n) is 1.27. The van der Waals surface area contributed by atoms with Crippen LogP contribution >= 0.6 is 0 Å². The highest BCUT2D eigenvalue weighted by Gasteiger charge is 2.01. The molecule has 0 aliphatic carbocycles. The topological polar surface area (TPSA) is 70.1 Å². The molecule has 0 bridgehead atoms. The number of hydrogen-bond acceptors (Lipinski definition) is 5. The first kappa shape index (κ1) is 12.7. The fraction of sp³-hybridized carbons (Fsp3) is 0.636. The number of hydrogen-bond donors (Lipinski definition) is 3. The number of nitrogens with zero attached hydrogens (tertiary/aromatic N) is 2. The van der Waals surface area contributed by atoms with Crippen LogP contribution < -0.4 is 10.6 Å². The van der Waals surface area contributed by atoms with E-state index in [1.807, 2.05) is 19.9 Å². The van der Waals surface area contributed by atoms with E-state index in [2.05, 4.69) is 20.6 Å². The minimum Gasteiger partial charge on any atom is -0.393 e. The van der Waals surface area contributed by atoms with E-state index in [1.165, 1.54) is 0 Å². The number of nitrogens with one attached hydrogen (secondary N) is 2. The Bertz CT molecular complexity index is 306. The largest absolute Gasteiger partial charge is 0.393 e. The molecule has 5 nitrogen and oxygen atoms in total. The van der Waals surface area contributed by atoms with Crippen molar-refractivity contribution in [3.63, 3.8) is 0 Å². The lowest BCUT2D eigenvalue weighted by Gasteiger charge is -2.09. The maximum Gasteiger partial charge on any atom is 0.224 e. The van der Waals surface area contributed by atoms with Crippen molar-refractivity contribution >= 4 is 11.8 Å². The molecule has 0 radical (unpaired) electrons. The Balaban J connectivity index is 2.38. The summed E-state index contributed by atoms with van der Waals surface area (Å²) in [5.74, 6) is 1.41. The van der Waals surface area contributed by atoms with Crippen molar-refractivity contribution in [1.29, 1.82) is 0 Å². The van der Waals surface area contributed by atoms with E-state index in [0.29, 0.717) is 5.95 Å². The van der Waals surface area contributed by atoms with Crippen LogP contribution in [-0.2, 0) is 0 Å². The summed E-state index contributed by atoms with van der Waals surface area (Å²) < 4.78 is 0. The van der Waals surface area contributed by atoms with Crippen LogP contribution in [0.25, 0.3) is 0 Å². The van der Waals surface area contributed by atoms with E-state index in [-0.39, 0.29) is 6.10 Å². The van der Waals surface area contributed by atoms with Gasteiger partial charge in [0.05, 0.1) is 6.10 Å². The van der Waals surface area contributed by atoms with Gasteiger partial charge >= 0.3 is 0 Å². The molecule has 3 N–H and O–H groups in total. The summed E-state index contributed by atoms with van der Waals surface area (Å²) in [7, 11) is 0. The van der Waals surface area contributed by atoms with Crippen molar-refractivity contribution in [2.45, 2.75) is 32.8 Å². The van der Waals surface area contributed by atoms with E-state index in [9.17, 15) is 5.11 Å². The predicted octanol–water partition coefficient (Wildman–Crippen LogP) is 1.48. The van der Waals surface area contributed by atoms with Crippen molar-refractivity contribution in [2.24, 2.45) is 0 Å². The fourth-order valence-corrected chi connectivity index (χ4v) is 1.27. The van der Waals surface area contributed by atoms with Gasteiger partial charge in [0, 0.05) is 19.3 Å². The molecule has 5 heteroatoms. The van der Waals surface area contributed by atoms with E-state index in [1.54, 1.807) is 6.20 Å². The number of aliphatic hydroxyl groups excluding tert-OH is 1. The first-order valence-corrected chi connectivity index (χ1v) is 5.75. The molecule has 1 heterocycles. The van der Waals surface area contributed by atoms with Crippen molar-refractivity contribution in [2.75, 3.05) is 23.7 Å². The third-order valence-electron chi connectivity index (χ3n) is 2.25. The van der Waals surface area contributed by atoms with Gasteiger partial charge in [0.25, 0.3) is 0 Å². The van der Waals surface area contributed by atoms with Crippen LogP contribution in [0.5, 0.6) is 0 Å². The Morgan fingerprint density at radius 3 is 2.88 bits per heavy atom. The van der Waals surface area contributed by atoms with E-state index in [0.717, 1.165) is 31.7 Å². The van der Waals surface area contributed by atoms with Gasteiger partial charge in [-0.15, -0.1) is 0 Å². The lowest BCUT2D eigenvalue weighted by atomic mass is 10.2. The Labute approximate surface area is 96.3 Å². The van der Waals surface area contributed by atoms with Crippen LogP contribution in [0.15, 0.2) is 12.3 Å². The summed E-state index contributed by atoms with van der Waals surface area (Å²) in [5.41, 5.74) is 0. The Morgan fingerprint density at radius 1 is 1.38 bits per heavy atom. The van der Waals surface area contributed by atoms with Crippen LogP contribution in [-0.4, -0.2) is 34.3 Å². The minimum absolute atomic E-state index is 0.234. The van der Waals surface area contributed by atoms with Gasteiger partial charge in [-0.05, 0) is 25.8 Å². The lowest BCUT2D eigenvalue weighted by Crippen LogP contribution is -2.13. The lowest BCUT2D eigenvalue weighted by molar-refractivity contribution is 0.164. The molecule has 90 valence electrons. The van der Waals surface area contributed by atoms with E-state index in [4.69, 9.17) is 0 Å². The Hall–Kier alpha value is -1.36. The average Bonchev–Trinajstić information content (AvgIpc) is 2.30. The molecular formula is C11H20N4O. The van der Waals surface area contributed by atoms with E-state index < -0.39 is 0 Å². The zero-order valence-corrected chi connectivity index (χ0v) is 9.90. The monoisotopic (exact) mass is 224 g/mol. The molecular weight excluding hydrogens is 204 g/mol. The number of aromatic nitrogens is 2. The van der Waals surface area contributed by atoms with Gasteiger partial charge in [0.2, 0.25) is 5.95 Å². The minimum atomic E-state index is -0.234. The van der Waals surface area contributed by atoms with Crippen molar-refractivity contribution < 1.29 is 5.11 Å². The number of rotatable bonds is 7. The molecule has 0 amide bonds. The summed E-state index contributed by atoms with van der Waals surface area (Å²) in [6.07, 6.45) is 3.00. The quantitative estimate of drug-likeness (QED) is 0.654. The van der Waals surface area contributed by atoms with Crippen molar-refractivity contribution in [3.05, 3.63) is 12.3 Å². The van der Waals surface area contributed by atoms with E-state index >= 15 is 0 Å². The van der Waals surface area contributed by atoms with Gasteiger partial charge < -0.3 is 15.7 Å². The van der Waals surface area contributed by atoms with Crippen LogP contribution in [0.3, 0.4) is 0 Å². The molecule has 1 aromatic rings. The molecule has 0 aliphatic rings. The van der Waals surface area contributed by atoms with Gasteiger partial charge in [0.15, 0.2) is 0 Å². The molecule has 0 saturated heterocycles. The second-order valence-corrected chi connectivity index (χ2v) is 3.57. The van der Waals surface area contributed by atoms with Crippen LogP contribution in [0.2, 0.25) is 0 Å². The predicted molar refractivity (Wildman–Crippen MR) is 65.6 cm³/mol. The highest BCUT2D eigenvalue weighted by molar-refractivity contribution is 5.39. The number of aliphatic hydroxyl groups is 1. The Morgan fingerprint density at radius 2 is 2.19 bits per heavy atom. The Kier molecular flexibility index (Phi) is 5.56. The van der Waals surface area contributed by atoms with Gasteiger partial charge in [-0.1, -0.05) is 6.92 Å². The standard InChI is InChI=1S/C11H20N4O/c1-3-9(16)5-7-13-10-6-8-14-11(15-10)12-4-2/h6,8-9,16H,3-5,7H2,1-2H3,(H2,12,13,14,15). The maximum atomic E-state index is 9.39. The first-order valence-electron chi connectivity index (χ1n) is 5.75. The second-order valence-electron chi connectivity index (χ2n) is 3.57. The molecule has 0 spiro atoms. The molecule has 1 rings (SSSR count). The third kappa shape index (κ3) is 4.44. The average molecular weight is 224 g/mol. The summed E-state index contributed by atoms with van der Waals surface area (Å²) in [6.45, 7) is 5.50. The SMILES string of the molecule is CCNc1nccc(NCCC(O)CC)n1. The molecule has 1 unspecified atom stereocenters. The van der Waals surface area contributed by atoms with Gasteiger partial charge in [-0.3, -0.25) is 0 Å². The second kappa shape index (κ2) is 7.00. The third-order valence-corrected chi connectivity index (χ3v) is 2.25. The summed E-state index contributed by atoms with van der Waals surface area (Å²) in [5, 5.41) is 15.6. The summed E-state index contributed by atoms with van der Waals surface area (Å²) in [4.78, 5) is 8.35. The highest BCUT2D eigenvalue weighted by Crippen LogP contribution is 2.06. The molecule has 16 heavy (non-hydrogen) atoms. The number of anilines is 2. The molecule has 1 aromatic heterocycles. The van der Waals surface area contributed by atoms with Gasteiger partial charge in [-0.25, -0.2) is 4.98 Å². The van der Waals surface area contributed by atoms with Crippen molar-refractivity contribution in [1.82, 2.24) is 9.97 Å². The molecule has 0 fully saturated rings. The van der Waals surface area contributed by atoms with Gasteiger partial charge in [-0.2, -0.15) is 4.98 Å². The summed E-state index contributed by atoms with van der Waals surface area (Å²) in [6, 6.07) is 1.82. The molecule has 0 aromatic carbocycles. The normalized spacial score (nSPS) is 12.2. The zero-order chi connectivity index (χ0) is 11.8.